The van der Waals surface area contributed by atoms with Gasteiger partial charge in [0.05, 0.1) is 6.54 Å². The number of guanidine groups is 1. The molecule has 0 aromatic carbocycles. The highest BCUT2D eigenvalue weighted by molar-refractivity contribution is 5.79. The van der Waals surface area contributed by atoms with Crippen LogP contribution in [0.1, 0.15) is 17.4 Å². The Bertz CT molecular complexity index is 551. The molecule has 2 heterocycles. The van der Waals surface area contributed by atoms with Gasteiger partial charge in [-0.15, -0.1) is 0 Å². The Labute approximate surface area is 117 Å². The third-order valence-electron chi connectivity index (χ3n) is 2.61. The summed E-state index contributed by atoms with van der Waals surface area (Å²) in [6, 6.07) is 5.89. The molecule has 0 spiro atoms. The van der Waals surface area contributed by atoms with Gasteiger partial charge >= 0.3 is 0 Å². The van der Waals surface area contributed by atoms with Crippen LogP contribution in [0.5, 0.6) is 0 Å². The molecule has 0 bridgehead atoms. The number of aryl methyl sites for hydroxylation is 1. The fourth-order valence-electron chi connectivity index (χ4n) is 1.65. The van der Waals surface area contributed by atoms with E-state index in [9.17, 15) is 0 Å². The van der Waals surface area contributed by atoms with Crippen LogP contribution in [-0.4, -0.2) is 34.7 Å². The zero-order valence-corrected chi connectivity index (χ0v) is 11.6. The van der Waals surface area contributed by atoms with Crippen molar-refractivity contribution in [3.05, 3.63) is 41.8 Å². The lowest BCUT2D eigenvalue weighted by atomic mass is 10.3. The predicted molar refractivity (Wildman–Crippen MR) is 75.2 cm³/mol. The van der Waals surface area contributed by atoms with Gasteiger partial charge in [0.25, 0.3) is 0 Å². The second-order valence-corrected chi connectivity index (χ2v) is 4.15. The molecule has 0 unspecified atom stereocenters. The number of rotatable bonds is 5. The summed E-state index contributed by atoms with van der Waals surface area (Å²) in [7, 11) is 1.72. The molecule has 0 atom stereocenters. The molecule has 2 aromatic rings. The van der Waals surface area contributed by atoms with Gasteiger partial charge in [-0.3, -0.25) is 9.98 Å². The van der Waals surface area contributed by atoms with Gasteiger partial charge in [0, 0.05) is 38.8 Å². The molecule has 2 rings (SSSR count). The number of aromatic nitrogens is 3. The first-order valence-electron chi connectivity index (χ1n) is 6.41. The van der Waals surface area contributed by atoms with E-state index in [4.69, 9.17) is 4.52 Å². The Morgan fingerprint density at radius 1 is 1.35 bits per heavy atom. The maximum atomic E-state index is 4.90. The van der Waals surface area contributed by atoms with Crippen LogP contribution in [-0.2, 0) is 13.0 Å². The molecule has 0 fully saturated rings. The first kappa shape index (κ1) is 14.0. The standard InChI is InChI=1S/C13H18N6O/c1-10-18-12(19-20-10)9-17-13(14-2)16-8-6-11-5-3-4-7-15-11/h3-5,7H,6,8-9H2,1-2H3,(H2,14,16,17). The Hall–Kier alpha value is -2.44. The van der Waals surface area contributed by atoms with Gasteiger partial charge in [0.1, 0.15) is 0 Å². The van der Waals surface area contributed by atoms with Crippen LogP contribution in [0.15, 0.2) is 33.9 Å². The zero-order chi connectivity index (χ0) is 14.2. The maximum Gasteiger partial charge on any atom is 0.223 e. The van der Waals surface area contributed by atoms with Crippen molar-refractivity contribution in [2.24, 2.45) is 4.99 Å². The first-order valence-corrected chi connectivity index (χ1v) is 6.41. The lowest BCUT2D eigenvalue weighted by Gasteiger charge is -2.10. The van der Waals surface area contributed by atoms with Gasteiger partial charge in [0.2, 0.25) is 5.89 Å². The topological polar surface area (TPSA) is 88.2 Å². The van der Waals surface area contributed by atoms with E-state index < -0.39 is 0 Å². The van der Waals surface area contributed by atoms with Crippen molar-refractivity contribution >= 4 is 5.96 Å². The van der Waals surface area contributed by atoms with Crippen LogP contribution in [0.2, 0.25) is 0 Å². The Balaban J connectivity index is 1.73. The number of hydrogen-bond donors (Lipinski definition) is 2. The summed E-state index contributed by atoms with van der Waals surface area (Å²) in [5.74, 6) is 1.86. The van der Waals surface area contributed by atoms with Gasteiger partial charge in [-0.2, -0.15) is 4.98 Å². The van der Waals surface area contributed by atoms with Crippen molar-refractivity contribution in [3.8, 4) is 0 Å². The van der Waals surface area contributed by atoms with E-state index >= 15 is 0 Å². The summed E-state index contributed by atoms with van der Waals surface area (Å²) < 4.78 is 4.90. The quantitative estimate of drug-likeness (QED) is 0.616. The molecule has 0 amide bonds. The number of aliphatic imine (C=N–C) groups is 1. The van der Waals surface area contributed by atoms with Gasteiger partial charge in [0.15, 0.2) is 11.8 Å². The predicted octanol–water partition coefficient (Wildman–Crippen LogP) is 0.681. The molecule has 20 heavy (non-hydrogen) atoms. The lowest BCUT2D eigenvalue weighted by molar-refractivity contribution is 0.387. The van der Waals surface area contributed by atoms with Crippen LogP contribution in [0.4, 0.5) is 0 Å². The smallest absolute Gasteiger partial charge is 0.223 e. The summed E-state index contributed by atoms with van der Waals surface area (Å²) >= 11 is 0. The van der Waals surface area contributed by atoms with Gasteiger partial charge in [-0.05, 0) is 12.1 Å². The van der Waals surface area contributed by atoms with Crippen molar-refractivity contribution in [3.63, 3.8) is 0 Å². The molecular weight excluding hydrogens is 256 g/mol. The van der Waals surface area contributed by atoms with Crippen LogP contribution in [0.25, 0.3) is 0 Å². The van der Waals surface area contributed by atoms with Crippen molar-refractivity contribution in [2.75, 3.05) is 13.6 Å². The molecule has 7 heteroatoms. The third kappa shape index (κ3) is 4.34. The Morgan fingerprint density at radius 3 is 2.90 bits per heavy atom. The van der Waals surface area contributed by atoms with Crippen LogP contribution < -0.4 is 10.6 Å². The molecular formula is C13H18N6O. The van der Waals surface area contributed by atoms with E-state index in [2.05, 4.69) is 30.8 Å². The average Bonchev–Trinajstić information content (AvgIpc) is 2.89. The molecule has 0 radical (unpaired) electrons. The van der Waals surface area contributed by atoms with Crippen LogP contribution in [0, 0.1) is 6.92 Å². The molecule has 0 aliphatic carbocycles. The van der Waals surface area contributed by atoms with Crippen molar-refractivity contribution < 1.29 is 4.52 Å². The highest BCUT2D eigenvalue weighted by atomic mass is 16.5. The highest BCUT2D eigenvalue weighted by Crippen LogP contribution is 1.94. The molecule has 0 aliphatic heterocycles. The fourth-order valence-corrected chi connectivity index (χ4v) is 1.65. The second-order valence-electron chi connectivity index (χ2n) is 4.15. The monoisotopic (exact) mass is 274 g/mol. The Morgan fingerprint density at radius 2 is 2.25 bits per heavy atom. The van der Waals surface area contributed by atoms with E-state index in [0.29, 0.717) is 24.2 Å². The third-order valence-corrected chi connectivity index (χ3v) is 2.61. The molecule has 106 valence electrons. The SMILES string of the molecule is CN=C(NCCc1ccccn1)NCc1noc(C)n1. The van der Waals surface area contributed by atoms with Gasteiger partial charge < -0.3 is 15.2 Å². The molecule has 2 aromatic heterocycles. The van der Waals surface area contributed by atoms with Crippen LogP contribution in [0.3, 0.4) is 0 Å². The Kier molecular flexibility index (Phi) is 5.05. The molecule has 7 nitrogen and oxygen atoms in total. The number of pyridine rings is 1. The van der Waals surface area contributed by atoms with Crippen molar-refractivity contribution in [1.82, 2.24) is 25.8 Å². The number of nitrogens with one attached hydrogen (secondary N) is 2. The summed E-state index contributed by atoms with van der Waals surface area (Å²) in [5.41, 5.74) is 1.05. The molecule has 0 saturated heterocycles. The van der Waals surface area contributed by atoms with E-state index in [1.165, 1.54) is 0 Å². The summed E-state index contributed by atoms with van der Waals surface area (Å²) in [4.78, 5) is 12.5. The summed E-state index contributed by atoms with van der Waals surface area (Å²) in [6.07, 6.45) is 2.63. The minimum atomic E-state index is 0.473. The normalized spacial score (nSPS) is 11.4. The minimum absolute atomic E-state index is 0.473. The van der Waals surface area contributed by atoms with Crippen molar-refractivity contribution in [2.45, 2.75) is 19.9 Å². The van der Waals surface area contributed by atoms with E-state index in [1.54, 1.807) is 20.2 Å². The summed E-state index contributed by atoms with van der Waals surface area (Å²) in [5, 5.41) is 10.1. The van der Waals surface area contributed by atoms with Gasteiger partial charge in [-0.1, -0.05) is 11.2 Å². The first-order chi connectivity index (χ1) is 9.78. The van der Waals surface area contributed by atoms with Crippen molar-refractivity contribution in [1.29, 1.82) is 0 Å². The van der Waals surface area contributed by atoms with E-state index in [0.717, 1.165) is 18.7 Å². The van der Waals surface area contributed by atoms with Crippen LogP contribution >= 0.6 is 0 Å². The molecule has 2 N–H and O–H groups in total. The summed E-state index contributed by atoms with van der Waals surface area (Å²) in [6.45, 7) is 2.99. The second kappa shape index (κ2) is 7.22. The van der Waals surface area contributed by atoms with E-state index in [-0.39, 0.29) is 0 Å². The van der Waals surface area contributed by atoms with E-state index in [1.807, 2.05) is 18.2 Å². The highest BCUT2D eigenvalue weighted by Gasteiger charge is 2.03. The average molecular weight is 274 g/mol. The number of hydrogen-bond acceptors (Lipinski definition) is 5. The fraction of sp³-hybridized carbons (Fsp3) is 0.385. The zero-order valence-electron chi connectivity index (χ0n) is 11.6. The minimum Gasteiger partial charge on any atom is -0.356 e. The maximum absolute atomic E-state index is 4.90. The molecule has 0 saturated carbocycles. The lowest BCUT2D eigenvalue weighted by Crippen LogP contribution is -2.38. The largest absolute Gasteiger partial charge is 0.356 e. The molecule has 0 aliphatic rings. The van der Waals surface area contributed by atoms with Gasteiger partial charge in [-0.25, -0.2) is 0 Å². The number of nitrogens with zero attached hydrogens (tertiary/aromatic N) is 4.